The first-order valence-electron chi connectivity index (χ1n) is 8.31. The molecule has 1 fully saturated rings. The van der Waals surface area contributed by atoms with Gasteiger partial charge in [-0.15, -0.1) is 0 Å². The molecule has 0 bridgehead atoms. The van der Waals surface area contributed by atoms with E-state index in [4.69, 9.17) is 16.3 Å². The summed E-state index contributed by atoms with van der Waals surface area (Å²) in [6.45, 7) is 2.08. The van der Waals surface area contributed by atoms with E-state index >= 15 is 0 Å². The van der Waals surface area contributed by atoms with E-state index in [9.17, 15) is 8.78 Å². The Kier molecular flexibility index (Phi) is 4.28. The Bertz CT molecular complexity index is 1000. The molecule has 1 aliphatic heterocycles. The van der Waals surface area contributed by atoms with E-state index in [0.717, 1.165) is 18.0 Å². The fraction of sp³-hybridized carbons (Fsp3) is 0.438. The Morgan fingerprint density at radius 1 is 1.30 bits per heavy atom. The third-order valence-electron chi connectivity index (χ3n) is 4.67. The van der Waals surface area contributed by atoms with E-state index in [0.29, 0.717) is 35.2 Å². The molecule has 11 heteroatoms. The average molecular weight is 398 g/mol. The first kappa shape index (κ1) is 18.1. The van der Waals surface area contributed by atoms with Crippen LogP contribution in [0.1, 0.15) is 24.2 Å². The minimum Gasteiger partial charge on any atom is -0.480 e. The third-order valence-corrected chi connectivity index (χ3v) is 4.94. The number of nitrogens with zero attached hydrogens (tertiary/aromatic N) is 4. The number of methoxy groups -OCH3 is 1. The van der Waals surface area contributed by atoms with Crippen LogP contribution in [0.4, 0.5) is 8.78 Å². The normalized spacial score (nSPS) is 15.8. The van der Waals surface area contributed by atoms with Gasteiger partial charge in [0.25, 0.3) is 0 Å². The van der Waals surface area contributed by atoms with Crippen molar-refractivity contribution >= 4 is 22.6 Å². The molecule has 4 rings (SSSR count). The number of rotatable bonds is 4. The van der Waals surface area contributed by atoms with Crippen LogP contribution in [0.2, 0.25) is 5.02 Å². The summed E-state index contributed by atoms with van der Waals surface area (Å²) in [5.74, 6) is -3.07. The van der Waals surface area contributed by atoms with Gasteiger partial charge in [-0.1, -0.05) is 11.6 Å². The van der Waals surface area contributed by atoms with Gasteiger partial charge in [-0.05, 0) is 6.07 Å². The highest BCUT2D eigenvalue weighted by Gasteiger charge is 2.33. The van der Waals surface area contributed by atoms with E-state index in [1.165, 1.54) is 7.11 Å². The SMILES string of the molecule is COc1nc2c(C3CNNC3)c(-c3n[nH]c(C(C)(F)F)n3)n(C)c2cc1Cl. The molecule has 8 nitrogen and oxygen atoms in total. The molecule has 0 atom stereocenters. The number of halogens is 3. The maximum absolute atomic E-state index is 13.6. The van der Waals surface area contributed by atoms with Crippen LogP contribution in [0.5, 0.6) is 5.88 Å². The highest BCUT2D eigenvalue weighted by atomic mass is 35.5. The van der Waals surface area contributed by atoms with Crippen molar-refractivity contribution in [3.63, 3.8) is 0 Å². The van der Waals surface area contributed by atoms with Gasteiger partial charge in [0.2, 0.25) is 5.88 Å². The molecular weight excluding hydrogens is 380 g/mol. The molecule has 0 radical (unpaired) electrons. The molecule has 0 unspecified atom stereocenters. The highest BCUT2D eigenvalue weighted by molar-refractivity contribution is 6.32. The first-order valence-corrected chi connectivity index (χ1v) is 8.68. The van der Waals surface area contributed by atoms with Gasteiger partial charge >= 0.3 is 5.92 Å². The molecule has 3 N–H and O–H groups in total. The van der Waals surface area contributed by atoms with E-state index in [1.807, 2.05) is 11.6 Å². The molecular formula is C16H18ClF2N7O. The molecule has 0 saturated carbocycles. The lowest BCUT2D eigenvalue weighted by molar-refractivity contribution is 0.00813. The van der Waals surface area contributed by atoms with Crippen LogP contribution < -0.4 is 15.6 Å². The molecule has 3 aromatic rings. The van der Waals surface area contributed by atoms with Crippen molar-refractivity contribution in [2.45, 2.75) is 18.8 Å². The van der Waals surface area contributed by atoms with E-state index in [2.05, 4.69) is 31.0 Å². The van der Waals surface area contributed by atoms with Crippen LogP contribution in [0.15, 0.2) is 6.07 Å². The summed E-state index contributed by atoms with van der Waals surface area (Å²) in [7, 11) is 3.30. The van der Waals surface area contributed by atoms with Gasteiger partial charge in [0.05, 0.1) is 23.8 Å². The average Bonchev–Trinajstić information content (AvgIpc) is 3.33. The fourth-order valence-electron chi connectivity index (χ4n) is 3.36. The fourth-order valence-corrected chi connectivity index (χ4v) is 3.58. The lowest BCUT2D eigenvalue weighted by atomic mass is 9.98. The number of aromatic nitrogens is 5. The molecule has 1 saturated heterocycles. The van der Waals surface area contributed by atoms with Gasteiger partial charge < -0.3 is 9.30 Å². The smallest absolute Gasteiger partial charge is 0.303 e. The molecule has 3 aromatic heterocycles. The summed E-state index contributed by atoms with van der Waals surface area (Å²) in [5.41, 5.74) is 9.05. The maximum atomic E-state index is 13.6. The van der Waals surface area contributed by atoms with Crippen LogP contribution in [0.3, 0.4) is 0 Å². The Labute approximate surface area is 158 Å². The largest absolute Gasteiger partial charge is 0.480 e. The van der Waals surface area contributed by atoms with Crippen molar-refractivity contribution < 1.29 is 13.5 Å². The molecule has 4 heterocycles. The number of alkyl halides is 2. The minimum atomic E-state index is -3.11. The number of fused-ring (bicyclic) bond motifs is 1. The van der Waals surface area contributed by atoms with Crippen LogP contribution in [0, 0.1) is 0 Å². The van der Waals surface area contributed by atoms with Crippen molar-refractivity contribution in [3.05, 3.63) is 22.5 Å². The number of H-pyrrole nitrogens is 1. The summed E-state index contributed by atoms with van der Waals surface area (Å²) >= 11 is 6.24. The topological polar surface area (TPSA) is 92.7 Å². The van der Waals surface area contributed by atoms with Crippen LogP contribution >= 0.6 is 11.6 Å². The number of ether oxygens (including phenoxy) is 1. The molecule has 0 spiro atoms. The Morgan fingerprint density at radius 3 is 2.59 bits per heavy atom. The van der Waals surface area contributed by atoms with Gasteiger partial charge in [-0.2, -0.15) is 13.9 Å². The molecule has 144 valence electrons. The second-order valence-corrected chi connectivity index (χ2v) is 6.93. The quantitative estimate of drug-likeness (QED) is 0.625. The number of aryl methyl sites for hydroxylation is 1. The van der Waals surface area contributed by atoms with Gasteiger partial charge in [-0.25, -0.2) is 9.97 Å². The Morgan fingerprint density at radius 2 is 2.00 bits per heavy atom. The highest BCUT2D eigenvalue weighted by Crippen LogP contribution is 2.39. The monoisotopic (exact) mass is 397 g/mol. The molecule has 0 amide bonds. The maximum Gasteiger partial charge on any atom is 0.303 e. The minimum absolute atomic E-state index is 0.0474. The van der Waals surface area contributed by atoms with Gasteiger partial charge in [-0.3, -0.25) is 16.0 Å². The first-order chi connectivity index (χ1) is 12.8. The number of hydrogen-bond acceptors (Lipinski definition) is 6. The predicted octanol–water partition coefficient (Wildman–Crippen LogP) is 2.32. The van der Waals surface area contributed by atoms with Crippen molar-refractivity contribution in [3.8, 4) is 17.4 Å². The van der Waals surface area contributed by atoms with Gasteiger partial charge in [0, 0.05) is 38.5 Å². The lowest BCUT2D eigenvalue weighted by Gasteiger charge is -2.10. The van der Waals surface area contributed by atoms with Crippen molar-refractivity contribution in [2.24, 2.45) is 7.05 Å². The number of pyridine rings is 1. The molecule has 1 aliphatic rings. The number of aromatic amines is 1. The summed E-state index contributed by atoms with van der Waals surface area (Å²) in [5, 5.41) is 6.74. The molecule has 27 heavy (non-hydrogen) atoms. The summed E-state index contributed by atoms with van der Waals surface area (Å²) in [6, 6.07) is 1.74. The van der Waals surface area contributed by atoms with E-state index < -0.39 is 11.7 Å². The Hall–Kier alpha value is -2.30. The second kappa shape index (κ2) is 6.39. The molecule has 0 aliphatic carbocycles. The second-order valence-electron chi connectivity index (χ2n) is 6.52. The number of nitrogens with one attached hydrogen (secondary N) is 3. The van der Waals surface area contributed by atoms with Crippen LogP contribution in [-0.2, 0) is 13.0 Å². The zero-order valence-electron chi connectivity index (χ0n) is 14.9. The van der Waals surface area contributed by atoms with Crippen molar-refractivity contribution in [1.29, 1.82) is 0 Å². The standard InChI is InChI=1S/C16H18ClF2N7O/c1-16(18,19)15-23-13(24-25-15)12-10(7-5-20-21-6-7)11-9(26(12)2)4-8(17)14(22-11)27-3/h4,7,20-21H,5-6H2,1-3H3,(H,23,24,25). The zero-order chi connectivity index (χ0) is 19.3. The number of hydrazine groups is 1. The zero-order valence-corrected chi connectivity index (χ0v) is 15.7. The van der Waals surface area contributed by atoms with Crippen molar-refractivity contribution in [2.75, 3.05) is 20.2 Å². The third kappa shape index (κ3) is 2.93. The van der Waals surface area contributed by atoms with Gasteiger partial charge in [0.1, 0.15) is 5.02 Å². The van der Waals surface area contributed by atoms with Crippen LogP contribution in [0.25, 0.3) is 22.6 Å². The van der Waals surface area contributed by atoms with Gasteiger partial charge in [0.15, 0.2) is 11.6 Å². The predicted molar refractivity (Wildman–Crippen MR) is 96.0 cm³/mol. The Balaban J connectivity index is 1.99. The summed E-state index contributed by atoms with van der Waals surface area (Å²) in [4.78, 5) is 8.59. The summed E-state index contributed by atoms with van der Waals surface area (Å²) in [6.07, 6.45) is 0. The molecule has 0 aromatic carbocycles. The van der Waals surface area contributed by atoms with E-state index in [1.54, 1.807) is 6.07 Å². The van der Waals surface area contributed by atoms with Crippen LogP contribution in [-0.4, -0.2) is 44.9 Å². The number of hydrogen-bond donors (Lipinski definition) is 3. The van der Waals surface area contributed by atoms with Crippen molar-refractivity contribution in [1.82, 2.24) is 35.6 Å². The summed E-state index contributed by atoms with van der Waals surface area (Å²) < 4.78 is 34.3. The van der Waals surface area contributed by atoms with E-state index in [-0.39, 0.29) is 11.7 Å². The lowest BCUT2D eigenvalue weighted by Crippen LogP contribution is -2.21.